The van der Waals surface area contributed by atoms with Crippen molar-refractivity contribution < 1.29 is 17.9 Å². The third-order valence-electron chi connectivity index (χ3n) is 2.74. The topological polar surface area (TPSA) is 24.8 Å². The number of alkyl halides is 3. The first-order chi connectivity index (χ1) is 9.39. The largest absolute Gasteiger partial charge is 0.420 e. The van der Waals surface area contributed by atoms with Crippen LogP contribution in [-0.4, -0.2) is 30.7 Å². The van der Waals surface area contributed by atoms with Crippen LogP contribution in [0.2, 0.25) is 0 Å². The molecule has 0 aliphatic carbocycles. The summed E-state index contributed by atoms with van der Waals surface area (Å²) in [7, 11) is 1.40. The number of hydrogen-bond donors (Lipinski definition) is 0. The maximum atomic E-state index is 12.6. The molecule has 0 saturated carbocycles. The van der Waals surface area contributed by atoms with E-state index in [1.807, 2.05) is 30.3 Å². The molecule has 2 rings (SSSR count). The van der Waals surface area contributed by atoms with E-state index in [-0.39, 0.29) is 6.61 Å². The van der Waals surface area contributed by atoms with Crippen molar-refractivity contribution in [1.29, 1.82) is 0 Å². The fourth-order valence-electron chi connectivity index (χ4n) is 1.67. The average Bonchev–Trinajstić information content (AvgIpc) is 2.40. The van der Waals surface area contributed by atoms with Gasteiger partial charge in [-0.1, -0.05) is 41.9 Å². The Kier molecular flexibility index (Phi) is 4.35. The molecule has 1 aliphatic rings. The van der Waals surface area contributed by atoms with Crippen molar-refractivity contribution in [1.82, 2.24) is 4.90 Å². The van der Waals surface area contributed by atoms with E-state index in [9.17, 15) is 13.2 Å². The van der Waals surface area contributed by atoms with Gasteiger partial charge >= 0.3 is 6.18 Å². The minimum Gasteiger partial charge on any atom is -0.334 e. The van der Waals surface area contributed by atoms with E-state index in [1.165, 1.54) is 7.05 Å². The van der Waals surface area contributed by atoms with Gasteiger partial charge in [0.1, 0.15) is 10.7 Å². The predicted molar refractivity (Wildman–Crippen MR) is 70.2 cm³/mol. The van der Waals surface area contributed by atoms with Crippen molar-refractivity contribution in [3.63, 3.8) is 0 Å². The van der Waals surface area contributed by atoms with E-state index >= 15 is 0 Å². The standard InChI is InChI=1S/C13H12ClF3N2O/c1-19-11(14)10(13(15,16)17)7-18-12(19)20-8-9-5-3-2-4-6-9/h2-7,12H,8H2,1H3. The van der Waals surface area contributed by atoms with Crippen molar-refractivity contribution in [2.45, 2.75) is 19.1 Å². The Morgan fingerprint density at radius 1 is 1.30 bits per heavy atom. The van der Waals surface area contributed by atoms with Gasteiger partial charge < -0.3 is 9.64 Å². The molecule has 0 saturated heterocycles. The Balaban J connectivity index is 2.04. The molecular formula is C13H12ClF3N2O. The molecule has 0 amide bonds. The molecule has 7 heteroatoms. The second-order valence-corrected chi connectivity index (χ2v) is 4.57. The van der Waals surface area contributed by atoms with Gasteiger partial charge in [-0.05, 0) is 5.56 Å². The van der Waals surface area contributed by atoms with Crippen LogP contribution in [0.15, 0.2) is 46.1 Å². The Hall–Kier alpha value is -1.53. The average molecular weight is 305 g/mol. The minimum atomic E-state index is -4.53. The number of benzene rings is 1. The SMILES string of the molecule is CN1C(Cl)=C(C(F)(F)F)C=NC1OCc1ccccc1. The molecule has 0 fully saturated rings. The molecule has 1 atom stereocenters. The summed E-state index contributed by atoms with van der Waals surface area (Å²) < 4.78 is 43.4. The second-order valence-electron chi connectivity index (χ2n) is 4.21. The Morgan fingerprint density at radius 3 is 2.55 bits per heavy atom. The highest BCUT2D eigenvalue weighted by molar-refractivity contribution is 6.31. The van der Waals surface area contributed by atoms with Crippen LogP contribution in [0.25, 0.3) is 0 Å². The highest BCUT2D eigenvalue weighted by Gasteiger charge is 2.39. The molecule has 1 heterocycles. The third-order valence-corrected chi connectivity index (χ3v) is 3.21. The maximum absolute atomic E-state index is 12.6. The smallest absolute Gasteiger partial charge is 0.334 e. The van der Waals surface area contributed by atoms with Crippen LogP contribution >= 0.6 is 11.6 Å². The van der Waals surface area contributed by atoms with E-state index in [1.54, 1.807) is 0 Å². The van der Waals surface area contributed by atoms with Gasteiger partial charge in [-0.15, -0.1) is 0 Å². The Bertz CT molecular complexity index is 528. The lowest BCUT2D eigenvalue weighted by Gasteiger charge is -2.30. The fraction of sp³-hybridized carbons (Fsp3) is 0.308. The highest BCUT2D eigenvalue weighted by atomic mass is 35.5. The number of allylic oxidation sites excluding steroid dienone is 1. The van der Waals surface area contributed by atoms with Crippen LogP contribution in [-0.2, 0) is 11.3 Å². The summed E-state index contributed by atoms with van der Waals surface area (Å²) >= 11 is 5.71. The summed E-state index contributed by atoms with van der Waals surface area (Å²) in [6.07, 6.45) is -4.69. The van der Waals surface area contributed by atoms with Crippen LogP contribution in [0.1, 0.15) is 5.56 Å². The summed E-state index contributed by atoms with van der Waals surface area (Å²) in [5.41, 5.74) is -0.0703. The predicted octanol–water partition coefficient (Wildman–Crippen LogP) is 3.52. The number of nitrogens with zero attached hydrogens (tertiary/aromatic N) is 2. The van der Waals surface area contributed by atoms with Crippen LogP contribution < -0.4 is 0 Å². The molecule has 1 aromatic carbocycles. The lowest BCUT2D eigenvalue weighted by molar-refractivity contribution is -0.0915. The van der Waals surface area contributed by atoms with E-state index in [0.29, 0.717) is 6.21 Å². The van der Waals surface area contributed by atoms with Crippen LogP contribution in [0.3, 0.4) is 0 Å². The number of ether oxygens (including phenoxy) is 1. The van der Waals surface area contributed by atoms with Crippen molar-refractivity contribution >= 4 is 17.8 Å². The van der Waals surface area contributed by atoms with Gasteiger partial charge in [-0.3, -0.25) is 0 Å². The van der Waals surface area contributed by atoms with E-state index in [4.69, 9.17) is 16.3 Å². The molecule has 1 unspecified atom stereocenters. The molecule has 0 bridgehead atoms. The molecule has 0 radical (unpaired) electrons. The molecular weight excluding hydrogens is 293 g/mol. The first kappa shape index (κ1) is 14.9. The van der Waals surface area contributed by atoms with E-state index in [2.05, 4.69) is 4.99 Å². The summed E-state index contributed by atoms with van der Waals surface area (Å²) in [4.78, 5) is 4.89. The molecule has 1 aliphatic heterocycles. The highest BCUT2D eigenvalue weighted by Crippen LogP contribution is 2.33. The van der Waals surface area contributed by atoms with Gasteiger partial charge in [0.25, 0.3) is 0 Å². The number of hydrogen-bond acceptors (Lipinski definition) is 3. The zero-order valence-corrected chi connectivity index (χ0v) is 11.3. The summed E-state index contributed by atoms with van der Waals surface area (Å²) in [6, 6.07) is 9.27. The number of rotatable bonds is 3. The minimum absolute atomic E-state index is 0.235. The summed E-state index contributed by atoms with van der Waals surface area (Å²) in [5.74, 6) is 0. The van der Waals surface area contributed by atoms with Crippen LogP contribution in [0.5, 0.6) is 0 Å². The molecule has 3 nitrogen and oxygen atoms in total. The maximum Gasteiger partial charge on any atom is 0.420 e. The fourth-order valence-corrected chi connectivity index (χ4v) is 1.91. The lowest BCUT2D eigenvalue weighted by atomic mass is 10.2. The normalized spacial score (nSPS) is 19.6. The molecule has 0 spiro atoms. The van der Waals surface area contributed by atoms with Crippen molar-refractivity contribution in [2.24, 2.45) is 4.99 Å². The molecule has 108 valence electrons. The van der Waals surface area contributed by atoms with Crippen molar-refractivity contribution in [3.05, 3.63) is 46.6 Å². The van der Waals surface area contributed by atoms with E-state index in [0.717, 1.165) is 10.5 Å². The van der Waals surface area contributed by atoms with Gasteiger partial charge in [-0.25, -0.2) is 4.99 Å². The molecule has 0 N–H and O–H groups in total. The zero-order valence-electron chi connectivity index (χ0n) is 10.6. The van der Waals surface area contributed by atoms with Gasteiger partial charge in [0.05, 0.1) is 6.61 Å². The quantitative estimate of drug-likeness (QED) is 0.798. The molecule has 20 heavy (non-hydrogen) atoms. The van der Waals surface area contributed by atoms with Gasteiger partial charge in [0.15, 0.2) is 0 Å². The van der Waals surface area contributed by atoms with Gasteiger partial charge in [-0.2, -0.15) is 13.2 Å². The van der Waals surface area contributed by atoms with Gasteiger partial charge in [0, 0.05) is 13.3 Å². The summed E-state index contributed by atoms with van der Waals surface area (Å²) in [6.45, 7) is 0.235. The Morgan fingerprint density at radius 2 is 1.95 bits per heavy atom. The second kappa shape index (κ2) is 5.85. The molecule has 1 aromatic rings. The Labute approximate surface area is 119 Å². The van der Waals surface area contributed by atoms with Gasteiger partial charge in [0.2, 0.25) is 6.35 Å². The number of halogens is 4. The lowest BCUT2D eigenvalue weighted by Crippen LogP contribution is -2.36. The first-order valence-corrected chi connectivity index (χ1v) is 6.16. The summed E-state index contributed by atoms with van der Waals surface area (Å²) in [5, 5.41) is -0.425. The van der Waals surface area contributed by atoms with Crippen molar-refractivity contribution in [3.8, 4) is 0 Å². The third kappa shape index (κ3) is 3.32. The number of aliphatic imine (C=N–C) groups is 1. The van der Waals surface area contributed by atoms with Crippen LogP contribution in [0.4, 0.5) is 13.2 Å². The van der Waals surface area contributed by atoms with Crippen molar-refractivity contribution in [2.75, 3.05) is 7.05 Å². The monoisotopic (exact) mass is 304 g/mol. The molecule has 0 aromatic heterocycles. The first-order valence-electron chi connectivity index (χ1n) is 5.78. The zero-order chi connectivity index (χ0) is 14.8. The van der Waals surface area contributed by atoms with Crippen LogP contribution in [0, 0.1) is 0 Å². The van der Waals surface area contributed by atoms with E-state index < -0.39 is 23.3 Å².